The van der Waals surface area contributed by atoms with Crippen molar-refractivity contribution in [2.75, 3.05) is 41.7 Å². The fraction of sp³-hybridized carbons (Fsp3) is 0.538. The van der Waals surface area contributed by atoms with Crippen molar-refractivity contribution in [1.29, 1.82) is 0 Å². The number of sulfonamides is 1. The molecule has 1 N–H and O–H groups in total. The summed E-state index contributed by atoms with van der Waals surface area (Å²) in [5.41, 5.74) is 0.798. The molecule has 1 aromatic rings. The summed E-state index contributed by atoms with van der Waals surface area (Å²) in [6.45, 7) is 4.43. The molecule has 1 saturated heterocycles. The average molecular weight is 302 g/mol. The summed E-state index contributed by atoms with van der Waals surface area (Å²) in [5, 5.41) is 0. The third-order valence-corrected chi connectivity index (χ3v) is 4.54. The molecule has 20 heavy (non-hydrogen) atoms. The van der Waals surface area contributed by atoms with Gasteiger partial charge < -0.3 is 9.64 Å². The Bertz CT molecular complexity index is 557. The first-order valence-electron chi connectivity index (χ1n) is 6.64. The molecular formula is C13H19FN2O3S. The number of anilines is 2. The molecule has 0 atom stereocenters. The maximum absolute atomic E-state index is 13.7. The van der Waals surface area contributed by atoms with E-state index in [0.717, 1.165) is 5.69 Å². The van der Waals surface area contributed by atoms with Crippen molar-refractivity contribution in [2.45, 2.75) is 13.3 Å². The Labute approximate surface area is 118 Å². The van der Waals surface area contributed by atoms with Gasteiger partial charge in [0.05, 0.1) is 24.7 Å². The van der Waals surface area contributed by atoms with Gasteiger partial charge in [-0.25, -0.2) is 12.8 Å². The van der Waals surface area contributed by atoms with Gasteiger partial charge in [-0.15, -0.1) is 0 Å². The zero-order valence-electron chi connectivity index (χ0n) is 11.4. The number of benzene rings is 1. The Morgan fingerprint density at radius 2 is 2.05 bits per heavy atom. The lowest BCUT2D eigenvalue weighted by Crippen LogP contribution is -2.36. The van der Waals surface area contributed by atoms with Gasteiger partial charge in [0.2, 0.25) is 10.0 Å². The van der Waals surface area contributed by atoms with E-state index in [1.165, 1.54) is 12.1 Å². The van der Waals surface area contributed by atoms with Gasteiger partial charge in [0.1, 0.15) is 5.82 Å². The standard InChI is InChI=1S/C13H19FN2O3S/c1-2-9-20(17,18)15-13-10-11(3-4-12(13)14)16-5-7-19-8-6-16/h3-4,10,15H,2,5-9H2,1H3. The maximum atomic E-state index is 13.7. The summed E-state index contributed by atoms with van der Waals surface area (Å²) in [5.74, 6) is -0.588. The second-order valence-corrected chi connectivity index (χ2v) is 6.53. The molecule has 0 bridgehead atoms. The Morgan fingerprint density at radius 1 is 1.35 bits per heavy atom. The lowest BCUT2D eigenvalue weighted by Gasteiger charge is -2.29. The number of rotatable bonds is 5. The molecule has 0 unspecified atom stereocenters. The minimum Gasteiger partial charge on any atom is -0.378 e. The normalized spacial score (nSPS) is 16.2. The van der Waals surface area contributed by atoms with Crippen LogP contribution in [0.5, 0.6) is 0 Å². The van der Waals surface area contributed by atoms with Gasteiger partial charge in [-0.1, -0.05) is 6.92 Å². The summed E-state index contributed by atoms with van der Waals surface area (Å²) < 4.78 is 44.8. The van der Waals surface area contributed by atoms with Gasteiger partial charge in [-0.3, -0.25) is 4.72 Å². The van der Waals surface area contributed by atoms with E-state index in [0.29, 0.717) is 32.7 Å². The fourth-order valence-electron chi connectivity index (χ4n) is 2.10. The van der Waals surface area contributed by atoms with E-state index < -0.39 is 15.8 Å². The zero-order valence-corrected chi connectivity index (χ0v) is 12.2. The van der Waals surface area contributed by atoms with Crippen LogP contribution in [0.2, 0.25) is 0 Å². The molecular weight excluding hydrogens is 283 g/mol. The van der Waals surface area contributed by atoms with Crippen LogP contribution in [0.4, 0.5) is 15.8 Å². The quantitative estimate of drug-likeness (QED) is 0.901. The van der Waals surface area contributed by atoms with E-state index in [-0.39, 0.29) is 11.4 Å². The molecule has 1 aliphatic heterocycles. The largest absolute Gasteiger partial charge is 0.378 e. The molecule has 0 amide bonds. The van der Waals surface area contributed by atoms with Gasteiger partial charge in [-0.05, 0) is 24.6 Å². The highest BCUT2D eigenvalue weighted by Crippen LogP contribution is 2.24. The smallest absolute Gasteiger partial charge is 0.232 e. The van der Waals surface area contributed by atoms with Crippen LogP contribution in [-0.2, 0) is 14.8 Å². The average Bonchev–Trinajstić information content (AvgIpc) is 2.42. The third kappa shape index (κ3) is 3.83. The molecule has 0 radical (unpaired) electrons. The third-order valence-electron chi connectivity index (χ3n) is 3.06. The van der Waals surface area contributed by atoms with Crippen LogP contribution in [0, 0.1) is 5.82 Å². The zero-order chi connectivity index (χ0) is 14.6. The van der Waals surface area contributed by atoms with E-state index in [1.54, 1.807) is 13.0 Å². The summed E-state index contributed by atoms with van der Waals surface area (Å²) >= 11 is 0. The molecule has 0 aliphatic carbocycles. The molecule has 5 nitrogen and oxygen atoms in total. The lowest BCUT2D eigenvalue weighted by atomic mass is 10.2. The first-order chi connectivity index (χ1) is 9.52. The lowest BCUT2D eigenvalue weighted by molar-refractivity contribution is 0.122. The minimum atomic E-state index is -3.49. The van der Waals surface area contributed by atoms with Crippen molar-refractivity contribution < 1.29 is 17.5 Å². The van der Waals surface area contributed by atoms with Crippen LogP contribution in [-0.4, -0.2) is 40.5 Å². The van der Waals surface area contributed by atoms with Crippen molar-refractivity contribution >= 4 is 21.4 Å². The van der Waals surface area contributed by atoms with E-state index in [9.17, 15) is 12.8 Å². The van der Waals surface area contributed by atoms with E-state index >= 15 is 0 Å². The predicted molar refractivity (Wildman–Crippen MR) is 77.1 cm³/mol. The topological polar surface area (TPSA) is 58.6 Å². The summed E-state index contributed by atoms with van der Waals surface area (Å²) in [6.07, 6.45) is 0.486. The minimum absolute atomic E-state index is 0.00226. The second-order valence-electron chi connectivity index (χ2n) is 4.68. The van der Waals surface area contributed by atoms with Crippen LogP contribution in [0.1, 0.15) is 13.3 Å². The Balaban J connectivity index is 2.20. The first-order valence-corrected chi connectivity index (χ1v) is 8.30. The number of morpholine rings is 1. The van der Waals surface area contributed by atoms with Gasteiger partial charge >= 0.3 is 0 Å². The maximum Gasteiger partial charge on any atom is 0.232 e. The molecule has 1 fully saturated rings. The van der Waals surface area contributed by atoms with Gasteiger partial charge in [0.15, 0.2) is 0 Å². The van der Waals surface area contributed by atoms with Crippen LogP contribution < -0.4 is 9.62 Å². The fourth-order valence-corrected chi connectivity index (χ4v) is 3.23. The van der Waals surface area contributed by atoms with Crippen LogP contribution >= 0.6 is 0 Å². The summed E-state index contributed by atoms with van der Waals surface area (Å²) in [4.78, 5) is 2.04. The predicted octanol–water partition coefficient (Wildman–Crippen LogP) is 1.81. The number of ether oxygens (including phenoxy) is 1. The summed E-state index contributed by atoms with van der Waals surface area (Å²) in [6, 6.07) is 4.47. The Kier molecular flexibility index (Phi) is 4.82. The highest BCUT2D eigenvalue weighted by atomic mass is 32.2. The van der Waals surface area contributed by atoms with E-state index in [1.807, 2.05) is 4.90 Å². The Hall–Kier alpha value is -1.34. The molecule has 1 heterocycles. The molecule has 2 rings (SSSR count). The molecule has 0 spiro atoms. The molecule has 7 heteroatoms. The van der Waals surface area contributed by atoms with Crippen molar-refractivity contribution in [3.8, 4) is 0 Å². The molecule has 1 aliphatic rings. The van der Waals surface area contributed by atoms with Crippen molar-refractivity contribution in [2.24, 2.45) is 0 Å². The highest BCUT2D eigenvalue weighted by Gasteiger charge is 2.16. The second kappa shape index (κ2) is 6.41. The van der Waals surface area contributed by atoms with Crippen LogP contribution in [0.25, 0.3) is 0 Å². The van der Waals surface area contributed by atoms with Gasteiger partial charge in [0.25, 0.3) is 0 Å². The number of hydrogen-bond acceptors (Lipinski definition) is 4. The van der Waals surface area contributed by atoms with Crippen molar-refractivity contribution in [3.05, 3.63) is 24.0 Å². The number of nitrogens with one attached hydrogen (secondary N) is 1. The van der Waals surface area contributed by atoms with E-state index in [4.69, 9.17) is 4.74 Å². The highest BCUT2D eigenvalue weighted by molar-refractivity contribution is 7.92. The van der Waals surface area contributed by atoms with Crippen molar-refractivity contribution in [3.63, 3.8) is 0 Å². The molecule has 0 saturated carbocycles. The first kappa shape index (κ1) is 15.1. The van der Waals surface area contributed by atoms with Crippen LogP contribution in [0.15, 0.2) is 18.2 Å². The van der Waals surface area contributed by atoms with Gasteiger partial charge in [-0.2, -0.15) is 0 Å². The van der Waals surface area contributed by atoms with Crippen molar-refractivity contribution in [1.82, 2.24) is 0 Å². The molecule has 0 aromatic heterocycles. The van der Waals surface area contributed by atoms with Crippen LogP contribution in [0.3, 0.4) is 0 Å². The molecule has 112 valence electrons. The Morgan fingerprint density at radius 3 is 2.70 bits per heavy atom. The monoisotopic (exact) mass is 302 g/mol. The number of nitrogens with zero attached hydrogens (tertiary/aromatic N) is 1. The van der Waals surface area contributed by atoms with Gasteiger partial charge in [0, 0.05) is 18.8 Å². The summed E-state index contributed by atoms with van der Waals surface area (Å²) in [7, 11) is -3.49. The SMILES string of the molecule is CCCS(=O)(=O)Nc1cc(N2CCOCC2)ccc1F. The number of halogens is 1. The van der Waals surface area contributed by atoms with E-state index in [2.05, 4.69) is 4.72 Å². The number of hydrogen-bond donors (Lipinski definition) is 1. The molecule has 1 aromatic carbocycles.